The topological polar surface area (TPSA) is 75.8 Å². The summed E-state index contributed by atoms with van der Waals surface area (Å²) in [5, 5.41) is 9.34. The molecule has 0 aliphatic heterocycles. The van der Waals surface area contributed by atoms with Crippen molar-refractivity contribution in [1.82, 2.24) is 4.90 Å². The molecular formula is C15H30N2O3. The molecule has 2 unspecified atom stereocenters. The number of nitrogens with zero attached hydrogens (tertiary/aromatic N) is 1. The first kappa shape index (κ1) is 17.4. The fraction of sp³-hybridized carbons (Fsp3) is 0.933. The summed E-state index contributed by atoms with van der Waals surface area (Å²) < 4.78 is 5.14. The van der Waals surface area contributed by atoms with Crippen LogP contribution in [-0.2, 0) is 9.53 Å². The smallest absolute Gasteiger partial charge is 0.323 e. The van der Waals surface area contributed by atoms with Crippen molar-refractivity contribution < 1.29 is 14.6 Å². The van der Waals surface area contributed by atoms with Crippen LogP contribution in [0.25, 0.3) is 0 Å². The highest BCUT2D eigenvalue weighted by atomic mass is 16.5. The van der Waals surface area contributed by atoms with Crippen molar-refractivity contribution in [1.29, 1.82) is 0 Å². The van der Waals surface area contributed by atoms with Gasteiger partial charge < -0.3 is 20.5 Å². The van der Waals surface area contributed by atoms with Crippen LogP contribution in [-0.4, -0.2) is 54.9 Å². The van der Waals surface area contributed by atoms with E-state index < -0.39 is 11.5 Å². The van der Waals surface area contributed by atoms with E-state index in [1.165, 1.54) is 0 Å². The van der Waals surface area contributed by atoms with E-state index in [1.807, 2.05) is 0 Å². The Bertz CT molecular complexity index is 309. The van der Waals surface area contributed by atoms with Gasteiger partial charge in [0.05, 0.1) is 6.61 Å². The van der Waals surface area contributed by atoms with Gasteiger partial charge in [-0.1, -0.05) is 20.3 Å². The van der Waals surface area contributed by atoms with Gasteiger partial charge in [-0.3, -0.25) is 4.79 Å². The first-order valence-corrected chi connectivity index (χ1v) is 7.63. The SMILES string of the molecule is COCCN(CCC1CCCC1(N)C(=O)O)CC(C)C. The van der Waals surface area contributed by atoms with Crippen LogP contribution >= 0.6 is 0 Å². The first-order valence-electron chi connectivity index (χ1n) is 7.63. The van der Waals surface area contributed by atoms with Gasteiger partial charge >= 0.3 is 5.97 Å². The molecule has 1 rings (SSSR count). The number of hydrogen-bond acceptors (Lipinski definition) is 4. The average Bonchev–Trinajstić information content (AvgIpc) is 2.75. The van der Waals surface area contributed by atoms with Crippen LogP contribution in [0.4, 0.5) is 0 Å². The van der Waals surface area contributed by atoms with E-state index in [4.69, 9.17) is 10.5 Å². The average molecular weight is 286 g/mol. The highest BCUT2D eigenvalue weighted by Crippen LogP contribution is 2.36. The van der Waals surface area contributed by atoms with Crippen LogP contribution in [0.2, 0.25) is 0 Å². The number of ether oxygens (including phenoxy) is 1. The summed E-state index contributed by atoms with van der Waals surface area (Å²) in [6, 6.07) is 0. The number of aliphatic carboxylic acids is 1. The van der Waals surface area contributed by atoms with E-state index in [1.54, 1.807) is 7.11 Å². The van der Waals surface area contributed by atoms with E-state index in [9.17, 15) is 9.90 Å². The van der Waals surface area contributed by atoms with Crippen LogP contribution in [0.3, 0.4) is 0 Å². The Labute approximate surface area is 122 Å². The second kappa shape index (κ2) is 7.96. The number of rotatable bonds is 9. The van der Waals surface area contributed by atoms with Crippen molar-refractivity contribution in [3.05, 3.63) is 0 Å². The number of nitrogens with two attached hydrogens (primary N) is 1. The molecular weight excluding hydrogens is 256 g/mol. The van der Waals surface area contributed by atoms with Crippen LogP contribution in [0.15, 0.2) is 0 Å². The van der Waals surface area contributed by atoms with E-state index in [0.717, 1.165) is 38.9 Å². The van der Waals surface area contributed by atoms with E-state index >= 15 is 0 Å². The predicted octanol–water partition coefficient (Wildman–Crippen LogP) is 1.56. The minimum Gasteiger partial charge on any atom is -0.480 e. The predicted molar refractivity (Wildman–Crippen MR) is 79.7 cm³/mol. The molecule has 1 aliphatic carbocycles. The van der Waals surface area contributed by atoms with Gasteiger partial charge in [-0.15, -0.1) is 0 Å². The Morgan fingerprint density at radius 2 is 2.20 bits per heavy atom. The summed E-state index contributed by atoms with van der Waals surface area (Å²) in [7, 11) is 1.71. The number of hydrogen-bond donors (Lipinski definition) is 2. The summed E-state index contributed by atoms with van der Waals surface area (Å²) in [5.74, 6) is -0.151. The zero-order valence-electron chi connectivity index (χ0n) is 13.1. The lowest BCUT2D eigenvalue weighted by Crippen LogP contribution is -2.51. The number of carbonyl (C=O) groups is 1. The zero-order valence-corrected chi connectivity index (χ0v) is 13.1. The van der Waals surface area contributed by atoms with E-state index in [-0.39, 0.29) is 5.92 Å². The number of carboxylic acids is 1. The molecule has 1 aliphatic rings. The van der Waals surface area contributed by atoms with Gasteiger partial charge in [-0.05, 0) is 37.6 Å². The summed E-state index contributed by atoms with van der Waals surface area (Å²) in [5.41, 5.74) is 5.08. The van der Waals surface area contributed by atoms with Gasteiger partial charge in [0, 0.05) is 20.2 Å². The summed E-state index contributed by atoms with van der Waals surface area (Å²) >= 11 is 0. The summed E-state index contributed by atoms with van der Waals surface area (Å²) in [6.07, 6.45) is 3.33. The Hall–Kier alpha value is -0.650. The molecule has 0 spiro atoms. The molecule has 0 aromatic heterocycles. The molecule has 5 nitrogen and oxygen atoms in total. The highest BCUT2D eigenvalue weighted by molar-refractivity contribution is 5.79. The van der Waals surface area contributed by atoms with Crippen molar-refractivity contribution in [3.8, 4) is 0 Å². The molecule has 0 radical (unpaired) electrons. The van der Waals surface area contributed by atoms with Gasteiger partial charge in [-0.25, -0.2) is 0 Å². The molecule has 0 amide bonds. The maximum absolute atomic E-state index is 11.4. The molecule has 0 heterocycles. The molecule has 1 fully saturated rings. The third-order valence-corrected chi connectivity index (χ3v) is 4.30. The minimum absolute atomic E-state index is 0.0946. The highest BCUT2D eigenvalue weighted by Gasteiger charge is 2.45. The fourth-order valence-electron chi connectivity index (χ4n) is 3.16. The monoisotopic (exact) mass is 286 g/mol. The maximum Gasteiger partial charge on any atom is 0.323 e. The molecule has 0 bridgehead atoms. The molecule has 0 aromatic rings. The quantitative estimate of drug-likeness (QED) is 0.673. The molecule has 2 atom stereocenters. The van der Waals surface area contributed by atoms with Crippen molar-refractivity contribution in [2.75, 3.05) is 33.4 Å². The summed E-state index contributed by atoms with van der Waals surface area (Å²) in [4.78, 5) is 13.7. The second-order valence-corrected chi connectivity index (χ2v) is 6.41. The van der Waals surface area contributed by atoms with E-state index in [2.05, 4.69) is 18.7 Å². The standard InChI is InChI=1S/C15H30N2O3/c1-12(2)11-17(9-10-20-3)8-6-13-5-4-7-15(13,16)14(18)19/h12-13H,4-11,16H2,1-3H3,(H,18,19). The Balaban J connectivity index is 2.51. The minimum atomic E-state index is -1.01. The molecule has 0 aromatic carbocycles. The molecule has 20 heavy (non-hydrogen) atoms. The Morgan fingerprint density at radius 3 is 2.75 bits per heavy atom. The second-order valence-electron chi connectivity index (χ2n) is 6.41. The van der Waals surface area contributed by atoms with Crippen molar-refractivity contribution in [2.45, 2.75) is 45.1 Å². The largest absolute Gasteiger partial charge is 0.480 e. The van der Waals surface area contributed by atoms with Crippen LogP contribution < -0.4 is 5.73 Å². The number of methoxy groups -OCH3 is 1. The van der Waals surface area contributed by atoms with Crippen molar-refractivity contribution in [2.24, 2.45) is 17.6 Å². The van der Waals surface area contributed by atoms with Crippen LogP contribution in [0.1, 0.15) is 39.5 Å². The Morgan fingerprint density at radius 1 is 1.50 bits per heavy atom. The van der Waals surface area contributed by atoms with E-state index in [0.29, 0.717) is 18.9 Å². The first-order chi connectivity index (χ1) is 9.40. The third-order valence-electron chi connectivity index (χ3n) is 4.30. The molecule has 0 saturated heterocycles. The van der Waals surface area contributed by atoms with Gasteiger partial charge in [0.1, 0.15) is 5.54 Å². The van der Waals surface area contributed by atoms with Gasteiger partial charge in [0.15, 0.2) is 0 Å². The molecule has 118 valence electrons. The number of carboxylic acid groups (broad SMARTS) is 1. The van der Waals surface area contributed by atoms with Crippen LogP contribution in [0, 0.1) is 11.8 Å². The zero-order chi connectivity index (χ0) is 15.2. The molecule has 1 saturated carbocycles. The Kier molecular flexibility index (Phi) is 6.92. The van der Waals surface area contributed by atoms with Crippen LogP contribution in [0.5, 0.6) is 0 Å². The third kappa shape index (κ3) is 4.72. The van der Waals surface area contributed by atoms with Gasteiger partial charge in [0.2, 0.25) is 0 Å². The van der Waals surface area contributed by atoms with Gasteiger partial charge in [-0.2, -0.15) is 0 Å². The lowest BCUT2D eigenvalue weighted by Gasteiger charge is -2.30. The lowest BCUT2D eigenvalue weighted by atomic mass is 9.85. The van der Waals surface area contributed by atoms with Crippen molar-refractivity contribution >= 4 is 5.97 Å². The normalized spacial score (nSPS) is 26.6. The van der Waals surface area contributed by atoms with Crippen molar-refractivity contribution in [3.63, 3.8) is 0 Å². The molecule has 3 N–H and O–H groups in total. The fourth-order valence-corrected chi connectivity index (χ4v) is 3.16. The summed E-state index contributed by atoms with van der Waals surface area (Å²) in [6.45, 7) is 7.91. The molecule has 5 heteroatoms. The maximum atomic E-state index is 11.4. The lowest BCUT2D eigenvalue weighted by molar-refractivity contribution is -0.144. The van der Waals surface area contributed by atoms with Gasteiger partial charge in [0.25, 0.3) is 0 Å².